The molecule has 0 spiro atoms. The van der Waals surface area contributed by atoms with Crippen LogP contribution in [0.1, 0.15) is 39.3 Å². The van der Waals surface area contributed by atoms with Crippen molar-refractivity contribution < 1.29 is 0 Å². The van der Waals surface area contributed by atoms with E-state index in [4.69, 9.17) is 5.73 Å². The molecule has 2 N–H and O–H groups in total. The Labute approximate surface area is 86.3 Å². The second-order valence-electron chi connectivity index (χ2n) is 4.70. The summed E-state index contributed by atoms with van der Waals surface area (Å²) in [5.41, 5.74) is 7.16. The summed E-state index contributed by atoms with van der Waals surface area (Å²) in [6.07, 6.45) is 2.34. The van der Waals surface area contributed by atoms with Gasteiger partial charge in [0.25, 0.3) is 0 Å². The van der Waals surface area contributed by atoms with Gasteiger partial charge in [-0.1, -0.05) is 27.2 Å². The Morgan fingerprint density at radius 1 is 1.50 bits per heavy atom. The van der Waals surface area contributed by atoms with Gasteiger partial charge in [0.05, 0.1) is 0 Å². The molecule has 0 amide bonds. The summed E-state index contributed by atoms with van der Waals surface area (Å²) in [7, 11) is 0. The van der Waals surface area contributed by atoms with Crippen LogP contribution < -0.4 is 5.73 Å². The second-order valence-corrected chi connectivity index (χ2v) is 4.70. The number of nitrogens with two attached hydrogens (primary N) is 1. The zero-order chi connectivity index (χ0) is 10.8. The number of anilines is 1. The molecule has 0 aromatic carbocycles. The molecule has 3 nitrogen and oxygen atoms in total. The van der Waals surface area contributed by atoms with E-state index >= 15 is 0 Å². The maximum Gasteiger partial charge on any atom is 0.145 e. The van der Waals surface area contributed by atoms with E-state index < -0.39 is 0 Å². The SMILES string of the molecule is CCC(C)(C)CCn1nc(N)cc1C. The monoisotopic (exact) mass is 195 g/mol. The first-order valence-corrected chi connectivity index (χ1v) is 5.24. The van der Waals surface area contributed by atoms with Gasteiger partial charge >= 0.3 is 0 Å². The molecule has 0 aliphatic rings. The fourth-order valence-corrected chi connectivity index (χ4v) is 1.35. The van der Waals surface area contributed by atoms with Crippen molar-refractivity contribution in [1.82, 2.24) is 9.78 Å². The van der Waals surface area contributed by atoms with E-state index in [2.05, 4.69) is 25.9 Å². The van der Waals surface area contributed by atoms with Gasteiger partial charge in [-0.05, 0) is 18.8 Å². The molecule has 1 heterocycles. The molecule has 0 atom stereocenters. The molecule has 0 saturated carbocycles. The Bertz CT molecular complexity index is 299. The highest BCUT2D eigenvalue weighted by atomic mass is 15.3. The van der Waals surface area contributed by atoms with E-state index in [1.807, 2.05) is 17.7 Å². The lowest BCUT2D eigenvalue weighted by Gasteiger charge is -2.22. The minimum absolute atomic E-state index is 0.396. The Balaban J connectivity index is 2.58. The third-order valence-corrected chi connectivity index (χ3v) is 2.96. The van der Waals surface area contributed by atoms with Crippen LogP contribution in [-0.4, -0.2) is 9.78 Å². The molecule has 1 aromatic heterocycles. The van der Waals surface area contributed by atoms with E-state index in [9.17, 15) is 0 Å². The molecule has 1 aromatic rings. The Kier molecular flexibility index (Phi) is 3.19. The summed E-state index contributed by atoms with van der Waals surface area (Å²) in [4.78, 5) is 0. The van der Waals surface area contributed by atoms with Gasteiger partial charge in [-0.3, -0.25) is 4.68 Å². The van der Waals surface area contributed by atoms with Crippen LogP contribution in [0.5, 0.6) is 0 Å². The van der Waals surface area contributed by atoms with Crippen molar-refractivity contribution in [3.05, 3.63) is 11.8 Å². The zero-order valence-corrected chi connectivity index (χ0v) is 9.67. The van der Waals surface area contributed by atoms with Crippen molar-refractivity contribution >= 4 is 5.82 Å². The fraction of sp³-hybridized carbons (Fsp3) is 0.727. The van der Waals surface area contributed by atoms with Gasteiger partial charge in [-0.15, -0.1) is 0 Å². The zero-order valence-electron chi connectivity index (χ0n) is 9.67. The van der Waals surface area contributed by atoms with Crippen molar-refractivity contribution in [2.24, 2.45) is 5.41 Å². The predicted molar refractivity (Wildman–Crippen MR) is 60.1 cm³/mol. The van der Waals surface area contributed by atoms with Crippen molar-refractivity contribution in [3.8, 4) is 0 Å². The standard InChI is InChI=1S/C11H21N3/c1-5-11(3,4)6-7-14-9(2)8-10(12)13-14/h8H,5-7H2,1-4H3,(H2,12,13). The molecule has 0 radical (unpaired) electrons. The molecule has 1 rings (SSSR count). The summed E-state index contributed by atoms with van der Waals surface area (Å²) in [5.74, 6) is 0.622. The first kappa shape index (κ1) is 11.1. The molecule has 0 unspecified atom stereocenters. The first-order chi connectivity index (χ1) is 6.44. The number of aryl methyl sites for hydroxylation is 2. The first-order valence-electron chi connectivity index (χ1n) is 5.24. The molecule has 0 aliphatic heterocycles. The molecule has 80 valence electrons. The van der Waals surface area contributed by atoms with Crippen LogP contribution in [-0.2, 0) is 6.54 Å². The van der Waals surface area contributed by atoms with E-state index in [1.54, 1.807) is 0 Å². The lowest BCUT2D eigenvalue weighted by Crippen LogP contribution is -2.15. The van der Waals surface area contributed by atoms with Gasteiger partial charge in [0.15, 0.2) is 0 Å². The highest BCUT2D eigenvalue weighted by Crippen LogP contribution is 2.25. The molecule has 3 heteroatoms. The van der Waals surface area contributed by atoms with Crippen molar-refractivity contribution in [1.29, 1.82) is 0 Å². The largest absolute Gasteiger partial charge is 0.382 e. The minimum Gasteiger partial charge on any atom is -0.382 e. The molecule has 0 aliphatic carbocycles. The Morgan fingerprint density at radius 3 is 2.57 bits per heavy atom. The lowest BCUT2D eigenvalue weighted by atomic mass is 9.87. The summed E-state index contributed by atoms with van der Waals surface area (Å²) in [5, 5.41) is 4.24. The van der Waals surface area contributed by atoms with E-state index in [1.165, 1.54) is 6.42 Å². The quantitative estimate of drug-likeness (QED) is 0.802. The van der Waals surface area contributed by atoms with Crippen LogP contribution in [0.4, 0.5) is 5.82 Å². The van der Waals surface area contributed by atoms with Crippen LogP contribution >= 0.6 is 0 Å². The van der Waals surface area contributed by atoms with Gasteiger partial charge in [0.2, 0.25) is 0 Å². The number of aromatic nitrogens is 2. The molecule has 0 fully saturated rings. The summed E-state index contributed by atoms with van der Waals surface area (Å²) < 4.78 is 1.99. The van der Waals surface area contributed by atoms with E-state index in [-0.39, 0.29) is 0 Å². The van der Waals surface area contributed by atoms with Crippen molar-refractivity contribution in [3.63, 3.8) is 0 Å². The third-order valence-electron chi connectivity index (χ3n) is 2.96. The second kappa shape index (κ2) is 4.03. The van der Waals surface area contributed by atoms with Gasteiger partial charge in [0.1, 0.15) is 5.82 Å². The summed E-state index contributed by atoms with van der Waals surface area (Å²) >= 11 is 0. The summed E-state index contributed by atoms with van der Waals surface area (Å²) in [6, 6.07) is 1.92. The molecule has 14 heavy (non-hydrogen) atoms. The summed E-state index contributed by atoms with van der Waals surface area (Å²) in [6.45, 7) is 9.81. The number of hydrogen-bond donors (Lipinski definition) is 1. The van der Waals surface area contributed by atoms with Gasteiger partial charge < -0.3 is 5.73 Å². The van der Waals surface area contributed by atoms with Crippen LogP contribution in [0.3, 0.4) is 0 Å². The molecule has 0 saturated heterocycles. The van der Waals surface area contributed by atoms with Crippen LogP contribution in [0.25, 0.3) is 0 Å². The number of hydrogen-bond acceptors (Lipinski definition) is 2. The average Bonchev–Trinajstić information content (AvgIpc) is 2.42. The Hall–Kier alpha value is -0.990. The normalized spacial score (nSPS) is 12.0. The van der Waals surface area contributed by atoms with Crippen LogP contribution in [0.2, 0.25) is 0 Å². The van der Waals surface area contributed by atoms with Gasteiger partial charge in [0, 0.05) is 18.3 Å². The number of nitrogens with zero attached hydrogens (tertiary/aromatic N) is 2. The van der Waals surface area contributed by atoms with Crippen molar-refractivity contribution in [2.45, 2.75) is 47.1 Å². The average molecular weight is 195 g/mol. The van der Waals surface area contributed by atoms with Crippen LogP contribution in [0.15, 0.2) is 6.07 Å². The van der Waals surface area contributed by atoms with Crippen LogP contribution in [0, 0.1) is 12.3 Å². The van der Waals surface area contributed by atoms with E-state index in [0.29, 0.717) is 11.2 Å². The third kappa shape index (κ3) is 2.76. The van der Waals surface area contributed by atoms with Gasteiger partial charge in [-0.2, -0.15) is 5.10 Å². The Morgan fingerprint density at radius 2 is 2.14 bits per heavy atom. The number of nitrogen functional groups attached to an aromatic ring is 1. The fourth-order valence-electron chi connectivity index (χ4n) is 1.35. The van der Waals surface area contributed by atoms with Gasteiger partial charge in [-0.25, -0.2) is 0 Å². The van der Waals surface area contributed by atoms with Crippen molar-refractivity contribution in [2.75, 3.05) is 5.73 Å². The molecular weight excluding hydrogens is 174 g/mol. The lowest BCUT2D eigenvalue weighted by molar-refractivity contribution is 0.294. The minimum atomic E-state index is 0.396. The smallest absolute Gasteiger partial charge is 0.145 e. The highest BCUT2D eigenvalue weighted by Gasteiger charge is 2.15. The maximum absolute atomic E-state index is 5.62. The maximum atomic E-state index is 5.62. The predicted octanol–water partition coefficient (Wildman–Crippen LogP) is 2.60. The topological polar surface area (TPSA) is 43.8 Å². The number of rotatable bonds is 4. The molecule has 0 bridgehead atoms. The molecular formula is C11H21N3. The van der Waals surface area contributed by atoms with E-state index in [0.717, 1.165) is 18.7 Å². The highest BCUT2D eigenvalue weighted by molar-refractivity contribution is 5.28.